The van der Waals surface area contributed by atoms with Crippen LogP contribution in [0, 0.1) is 6.92 Å². The second-order valence-corrected chi connectivity index (χ2v) is 4.19. The van der Waals surface area contributed by atoms with E-state index in [0.717, 1.165) is 19.4 Å². The largest absolute Gasteiger partial charge is 0.346 e. The smallest absolute Gasteiger partial charge is 0.292 e. The predicted molar refractivity (Wildman–Crippen MR) is 57.0 cm³/mol. The molecule has 1 fully saturated rings. The van der Waals surface area contributed by atoms with Crippen LogP contribution in [0.15, 0.2) is 4.52 Å². The zero-order valence-electron chi connectivity index (χ0n) is 9.49. The minimum atomic E-state index is -0.254. The number of nitrogens with one attached hydrogen (secondary N) is 2. The van der Waals surface area contributed by atoms with Crippen molar-refractivity contribution in [1.82, 2.24) is 20.8 Å². The fraction of sp³-hybridized carbons (Fsp3) is 0.700. The molecule has 1 aliphatic rings. The van der Waals surface area contributed by atoms with Crippen molar-refractivity contribution in [2.24, 2.45) is 0 Å². The van der Waals surface area contributed by atoms with Crippen molar-refractivity contribution in [3.05, 3.63) is 11.7 Å². The number of aryl methyl sites for hydroxylation is 1. The van der Waals surface area contributed by atoms with Crippen LogP contribution in [0.3, 0.4) is 0 Å². The molecule has 2 atom stereocenters. The molecule has 1 aliphatic heterocycles. The minimum absolute atomic E-state index is 0.115. The number of rotatable bonds is 2. The molecular formula is C10H16N4O2. The number of piperidine rings is 1. The number of hydrogen-bond donors (Lipinski definition) is 2. The molecule has 0 saturated carbocycles. The van der Waals surface area contributed by atoms with E-state index in [-0.39, 0.29) is 17.8 Å². The van der Waals surface area contributed by atoms with E-state index in [0.29, 0.717) is 11.9 Å². The van der Waals surface area contributed by atoms with Gasteiger partial charge in [-0.2, -0.15) is 4.98 Å². The molecule has 6 heteroatoms. The van der Waals surface area contributed by atoms with Gasteiger partial charge in [-0.1, -0.05) is 5.16 Å². The summed E-state index contributed by atoms with van der Waals surface area (Å²) in [6, 6.07) is 0.633. The zero-order valence-corrected chi connectivity index (χ0v) is 9.49. The molecule has 2 unspecified atom stereocenters. The fourth-order valence-electron chi connectivity index (χ4n) is 1.90. The van der Waals surface area contributed by atoms with Crippen LogP contribution < -0.4 is 10.6 Å². The number of aromatic nitrogens is 2. The van der Waals surface area contributed by atoms with Crippen LogP contribution in [-0.4, -0.2) is 34.7 Å². The van der Waals surface area contributed by atoms with Crippen molar-refractivity contribution in [2.45, 2.75) is 38.8 Å². The fourth-order valence-corrected chi connectivity index (χ4v) is 1.90. The highest BCUT2D eigenvalue weighted by molar-refractivity contribution is 5.90. The van der Waals surface area contributed by atoms with E-state index in [1.54, 1.807) is 6.92 Å². The third-order valence-electron chi connectivity index (χ3n) is 2.69. The Bertz CT molecular complexity index is 377. The van der Waals surface area contributed by atoms with Gasteiger partial charge in [0, 0.05) is 19.0 Å². The molecule has 1 aromatic heterocycles. The average Bonchev–Trinajstić information content (AvgIpc) is 2.65. The van der Waals surface area contributed by atoms with Crippen LogP contribution in [0.25, 0.3) is 0 Å². The summed E-state index contributed by atoms with van der Waals surface area (Å²) in [5, 5.41) is 9.83. The molecule has 0 aromatic carbocycles. The van der Waals surface area contributed by atoms with Gasteiger partial charge >= 0.3 is 0 Å². The van der Waals surface area contributed by atoms with Crippen LogP contribution >= 0.6 is 0 Å². The van der Waals surface area contributed by atoms with Crippen LogP contribution in [-0.2, 0) is 0 Å². The molecule has 2 rings (SSSR count). The lowest BCUT2D eigenvalue weighted by Gasteiger charge is -2.28. The van der Waals surface area contributed by atoms with Gasteiger partial charge in [-0.05, 0) is 26.3 Å². The molecule has 0 bridgehead atoms. The van der Waals surface area contributed by atoms with Gasteiger partial charge in [0.1, 0.15) is 0 Å². The first-order valence-electron chi connectivity index (χ1n) is 5.49. The van der Waals surface area contributed by atoms with Crippen molar-refractivity contribution in [3.8, 4) is 0 Å². The summed E-state index contributed by atoms with van der Waals surface area (Å²) >= 11 is 0. The first kappa shape index (κ1) is 11.1. The standard InChI is InChI=1S/C10H16N4O2/c1-6-5-8(3-4-11-6)13-10(15)9-12-7(2)16-14-9/h6,8,11H,3-5H2,1-2H3,(H,13,15). The molecule has 2 N–H and O–H groups in total. The Morgan fingerprint density at radius 3 is 3.06 bits per heavy atom. The van der Waals surface area contributed by atoms with Crippen molar-refractivity contribution in [1.29, 1.82) is 0 Å². The quantitative estimate of drug-likeness (QED) is 0.752. The molecule has 0 aliphatic carbocycles. The molecule has 1 aromatic rings. The van der Waals surface area contributed by atoms with Crippen molar-refractivity contribution in [3.63, 3.8) is 0 Å². The van der Waals surface area contributed by atoms with E-state index in [1.165, 1.54) is 0 Å². The Hall–Kier alpha value is -1.43. The first-order chi connectivity index (χ1) is 7.65. The predicted octanol–water partition coefficient (Wildman–Crippen LogP) is 0.248. The van der Waals surface area contributed by atoms with E-state index in [4.69, 9.17) is 4.52 Å². The topological polar surface area (TPSA) is 80.0 Å². The molecule has 1 saturated heterocycles. The number of carbonyl (C=O) groups excluding carboxylic acids is 1. The van der Waals surface area contributed by atoms with Crippen molar-refractivity contribution < 1.29 is 9.32 Å². The van der Waals surface area contributed by atoms with E-state index in [2.05, 4.69) is 27.7 Å². The van der Waals surface area contributed by atoms with Gasteiger partial charge in [0.2, 0.25) is 5.89 Å². The monoisotopic (exact) mass is 224 g/mol. The summed E-state index contributed by atoms with van der Waals surface area (Å²) in [7, 11) is 0. The van der Waals surface area contributed by atoms with E-state index in [1.807, 2.05) is 0 Å². The maximum absolute atomic E-state index is 11.7. The normalized spacial score (nSPS) is 25.4. The molecule has 0 radical (unpaired) electrons. The lowest BCUT2D eigenvalue weighted by atomic mass is 10.0. The summed E-state index contributed by atoms with van der Waals surface area (Å²) in [6.07, 6.45) is 1.87. The summed E-state index contributed by atoms with van der Waals surface area (Å²) < 4.78 is 4.76. The lowest BCUT2D eigenvalue weighted by Crippen LogP contribution is -2.46. The van der Waals surface area contributed by atoms with Gasteiger partial charge in [0.05, 0.1) is 0 Å². The third kappa shape index (κ3) is 2.57. The van der Waals surface area contributed by atoms with Gasteiger partial charge in [0.25, 0.3) is 11.7 Å². The van der Waals surface area contributed by atoms with Gasteiger partial charge < -0.3 is 15.2 Å². The molecule has 88 valence electrons. The molecule has 6 nitrogen and oxygen atoms in total. The molecule has 2 heterocycles. The summed E-state index contributed by atoms with van der Waals surface area (Å²) in [5.41, 5.74) is 0. The van der Waals surface area contributed by atoms with Gasteiger partial charge in [0.15, 0.2) is 0 Å². The number of amides is 1. The third-order valence-corrected chi connectivity index (χ3v) is 2.69. The van der Waals surface area contributed by atoms with E-state index >= 15 is 0 Å². The molecule has 0 spiro atoms. The van der Waals surface area contributed by atoms with Crippen LogP contribution in [0.1, 0.15) is 36.3 Å². The highest BCUT2D eigenvalue weighted by Gasteiger charge is 2.22. The van der Waals surface area contributed by atoms with Crippen molar-refractivity contribution >= 4 is 5.91 Å². The second kappa shape index (κ2) is 4.61. The molecular weight excluding hydrogens is 208 g/mol. The van der Waals surface area contributed by atoms with E-state index < -0.39 is 0 Å². The Labute approximate surface area is 93.8 Å². The summed E-state index contributed by atoms with van der Waals surface area (Å²) in [6.45, 7) is 4.70. The number of carbonyl (C=O) groups is 1. The SMILES string of the molecule is Cc1nc(C(=O)NC2CCNC(C)C2)no1. The summed E-state index contributed by atoms with van der Waals surface area (Å²) in [5.74, 6) is 0.267. The zero-order chi connectivity index (χ0) is 11.5. The maximum Gasteiger partial charge on any atom is 0.292 e. The Morgan fingerprint density at radius 2 is 2.44 bits per heavy atom. The summed E-state index contributed by atoms with van der Waals surface area (Å²) in [4.78, 5) is 15.6. The van der Waals surface area contributed by atoms with Gasteiger partial charge in [-0.15, -0.1) is 0 Å². The second-order valence-electron chi connectivity index (χ2n) is 4.19. The lowest BCUT2D eigenvalue weighted by molar-refractivity contribution is 0.0912. The van der Waals surface area contributed by atoms with Gasteiger partial charge in [-0.25, -0.2) is 0 Å². The highest BCUT2D eigenvalue weighted by atomic mass is 16.5. The minimum Gasteiger partial charge on any atom is -0.346 e. The van der Waals surface area contributed by atoms with Crippen LogP contribution in [0.2, 0.25) is 0 Å². The highest BCUT2D eigenvalue weighted by Crippen LogP contribution is 2.08. The molecule has 16 heavy (non-hydrogen) atoms. The van der Waals surface area contributed by atoms with Gasteiger partial charge in [-0.3, -0.25) is 4.79 Å². The number of nitrogens with zero attached hydrogens (tertiary/aromatic N) is 2. The average molecular weight is 224 g/mol. The Balaban J connectivity index is 1.92. The van der Waals surface area contributed by atoms with Crippen LogP contribution in [0.4, 0.5) is 0 Å². The van der Waals surface area contributed by atoms with E-state index in [9.17, 15) is 4.79 Å². The molecule has 1 amide bonds. The Kier molecular flexibility index (Phi) is 3.19. The number of hydrogen-bond acceptors (Lipinski definition) is 5. The van der Waals surface area contributed by atoms with Crippen molar-refractivity contribution in [2.75, 3.05) is 6.54 Å². The maximum atomic E-state index is 11.7. The van der Waals surface area contributed by atoms with Crippen LogP contribution in [0.5, 0.6) is 0 Å². The first-order valence-corrected chi connectivity index (χ1v) is 5.49. The Morgan fingerprint density at radius 1 is 1.62 bits per heavy atom.